The van der Waals surface area contributed by atoms with Crippen LogP contribution >= 0.6 is 0 Å². The van der Waals surface area contributed by atoms with Gasteiger partial charge in [0.05, 0.1) is 18.9 Å². The van der Waals surface area contributed by atoms with Crippen LogP contribution in [0.5, 0.6) is 5.75 Å². The van der Waals surface area contributed by atoms with E-state index in [0.717, 1.165) is 42.9 Å². The molecule has 2 unspecified atom stereocenters. The summed E-state index contributed by atoms with van der Waals surface area (Å²) in [4.78, 5) is 19.3. The maximum absolute atomic E-state index is 12.8. The third-order valence-electron chi connectivity index (χ3n) is 5.69. The van der Waals surface area contributed by atoms with Crippen LogP contribution in [0.3, 0.4) is 0 Å². The molecule has 2 heterocycles. The molecule has 132 valence electrons. The first-order valence-electron chi connectivity index (χ1n) is 8.82. The molecule has 0 radical (unpaired) electrons. The summed E-state index contributed by atoms with van der Waals surface area (Å²) in [6, 6.07) is 7.70. The lowest BCUT2D eigenvalue weighted by Gasteiger charge is -2.24. The molecule has 1 aromatic heterocycles. The Morgan fingerprint density at radius 3 is 3.12 bits per heavy atom. The Morgan fingerprint density at radius 1 is 1.48 bits per heavy atom. The van der Waals surface area contributed by atoms with E-state index in [1.54, 1.807) is 7.11 Å². The highest BCUT2D eigenvalue weighted by Gasteiger charge is 2.54. The molecule has 6 heteroatoms. The molecular weight excluding hydrogens is 318 g/mol. The van der Waals surface area contributed by atoms with Crippen LogP contribution in [0.25, 0.3) is 0 Å². The van der Waals surface area contributed by atoms with Crippen LogP contribution < -0.4 is 4.74 Å². The molecular formula is C19H23N3O3. The minimum Gasteiger partial charge on any atom is -0.497 e. The first kappa shape index (κ1) is 16.1. The molecule has 0 N–H and O–H groups in total. The summed E-state index contributed by atoms with van der Waals surface area (Å²) in [5, 5.41) is 4.19. The number of rotatable bonds is 4. The number of aromatic nitrogens is 2. The largest absolute Gasteiger partial charge is 0.497 e. The summed E-state index contributed by atoms with van der Waals surface area (Å²) >= 11 is 0. The zero-order valence-electron chi connectivity index (χ0n) is 14.7. The zero-order chi connectivity index (χ0) is 17.4. The van der Waals surface area contributed by atoms with Crippen LogP contribution in [-0.4, -0.2) is 41.1 Å². The third-order valence-corrected chi connectivity index (χ3v) is 5.69. The van der Waals surface area contributed by atoms with Gasteiger partial charge in [-0.2, -0.15) is 4.98 Å². The second-order valence-electron chi connectivity index (χ2n) is 7.18. The second-order valence-corrected chi connectivity index (χ2v) is 7.18. The lowest BCUT2D eigenvalue weighted by Crippen LogP contribution is -2.36. The summed E-state index contributed by atoms with van der Waals surface area (Å²) in [5.41, 5.74) is 0.854. The molecule has 2 atom stereocenters. The highest BCUT2D eigenvalue weighted by molar-refractivity contribution is 5.79. The molecule has 2 fully saturated rings. The first-order valence-corrected chi connectivity index (χ1v) is 8.82. The van der Waals surface area contributed by atoms with Crippen LogP contribution in [0.4, 0.5) is 0 Å². The van der Waals surface area contributed by atoms with E-state index in [9.17, 15) is 4.79 Å². The summed E-state index contributed by atoms with van der Waals surface area (Å²) in [6.07, 6.45) is 3.71. The number of benzene rings is 1. The van der Waals surface area contributed by atoms with Gasteiger partial charge in [-0.05, 0) is 36.5 Å². The Labute approximate surface area is 147 Å². The maximum Gasteiger partial charge on any atom is 0.227 e. The normalized spacial score (nSPS) is 25.2. The number of hydrogen-bond donors (Lipinski definition) is 0. The van der Waals surface area contributed by atoms with Gasteiger partial charge in [-0.25, -0.2) is 0 Å². The fourth-order valence-electron chi connectivity index (χ4n) is 4.42. The number of carbonyl (C=O) groups excluding carboxylic acids is 1. The molecule has 4 rings (SSSR count). The van der Waals surface area contributed by atoms with Gasteiger partial charge in [0.1, 0.15) is 5.75 Å². The third kappa shape index (κ3) is 2.79. The fraction of sp³-hybridized carbons (Fsp3) is 0.526. The smallest absolute Gasteiger partial charge is 0.227 e. The quantitative estimate of drug-likeness (QED) is 0.855. The molecule has 6 nitrogen and oxygen atoms in total. The molecule has 25 heavy (non-hydrogen) atoms. The predicted octanol–water partition coefficient (Wildman–Crippen LogP) is 2.51. The van der Waals surface area contributed by atoms with Crippen molar-refractivity contribution in [3.63, 3.8) is 0 Å². The average Bonchev–Trinajstić information content (AvgIpc) is 3.28. The minimum atomic E-state index is -0.123. The summed E-state index contributed by atoms with van der Waals surface area (Å²) in [6.45, 7) is 3.30. The van der Waals surface area contributed by atoms with Gasteiger partial charge in [-0.3, -0.25) is 4.79 Å². The number of aryl methyl sites for hydroxylation is 1. The van der Waals surface area contributed by atoms with Crippen molar-refractivity contribution in [1.82, 2.24) is 15.0 Å². The Hall–Kier alpha value is -2.37. The second kappa shape index (κ2) is 6.17. The zero-order valence-corrected chi connectivity index (χ0v) is 14.7. The lowest BCUT2D eigenvalue weighted by atomic mass is 9.80. The number of methoxy groups -OCH3 is 1. The van der Waals surface area contributed by atoms with E-state index in [1.807, 2.05) is 36.1 Å². The topological polar surface area (TPSA) is 68.5 Å². The molecule has 2 aromatic rings. The Bertz CT molecular complexity index is 788. The van der Waals surface area contributed by atoms with Crippen molar-refractivity contribution in [3.05, 3.63) is 41.5 Å². The van der Waals surface area contributed by atoms with E-state index in [4.69, 9.17) is 9.26 Å². The van der Waals surface area contributed by atoms with Crippen LogP contribution in [0.15, 0.2) is 28.8 Å². The SMILES string of the molecule is COc1cccc(CC(=O)N2CC3CCCC3(c3noc(C)n3)C2)c1. The molecule has 1 aromatic carbocycles. The van der Waals surface area contributed by atoms with Gasteiger partial charge in [0.2, 0.25) is 11.8 Å². The predicted molar refractivity (Wildman–Crippen MR) is 91.3 cm³/mol. The molecule has 1 amide bonds. The van der Waals surface area contributed by atoms with E-state index in [0.29, 0.717) is 24.8 Å². The lowest BCUT2D eigenvalue weighted by molar-refractivity contribution is -0.129. The van der Waals surface area contributed by atoms with Crippen LogP contribution in [0.2, 0.25) is 0 Å². The van der Waals surface area contributed by atoms with Gasteiger partial charge >= 0.3 is 0 Å². The number of fused-ring (bicyclic) bond motifs is 1. The van der Waals surface area contributed by atoms with Gasteiger partial charge in [0, 0.05) is 20.0 Å². The van der Waals surface area contributed by atoms with Gasteiger partial charge in [-0.1, -0.05) is 23.7 Å². The minimum absolute atomic E-state index is 0.123. The number of amides is 1. The van der Waals surface area contributed by atoms with Gasteiger partial charge in [-0.15, -0.1) is 0 Å². The van der Waals surface area contributed by atoms with Crippen molar-refractivity contribution < 1.29 is 14.1 Å². The number of carbonyl (C=O) groups is 1. The van der Waals surface area contributed by atoms with Gasteiger partial charge in [0.15, 0.2) is 5.82 Å². The van der Waals surface area contributed by atoms with E-state index in [2.05, 4.69) is 10.1 Å². The summed E-state index contributed by atoms with van der Waals surface area (Å²) < 4.78 is 10.5. The van der Waals surface area contributed by atoms with Gasteiger partial charge < -0.3 is 14.2 Å². The van der Waals surface area contributed by atoms with Crippen molar-refractivity contribution in [2.45, 2.75) is 38.0 Å². The molecule has 0 spiro atoms. The van der Waals surface area contributed by atoms with Crippen molar-refractivity contribution in [3.8, 4) is 5.75 Å². The Morgan fingerprint density at radius 2 is 2.36 bits per heavy atom. The average molecular weight is 341 g/mol. The van der Waals surface area contributed by atoms with Crippen molar-refractivity contribution in [2.75, 3.05) is 20.2 Å². The number of likely N-dealkylation sites (tertiary alicyclic amines) is 1. The fourth-order valence-corrected chi connectivity index (χ4v) is 4.42. The Balaban J connectivity index is 1.52. The Kier molecular flexibility index (Phi) is 3.98. The monoisotopic (exact) mass is 341 g/mol. The number of hydrogen-bond acceptors (Lipinski definition) is 5. The van der Waals surface area contributed by atoms with E-state index >= 15 is 0 Å². The molecule has 1 saturated heterocycles. The van der Waals surface area contributed by atoms with Crippen molar-refractivity contribution in [1.29, 1.82) is 0 Å². The summed E-state index contributed by atoms with van der Waals surface area (Å²) in [7, 11) is 1.64. The van der Waals surface area contributed by atoms with Gasteiger partial charge in [0.25, 0.3) is 0 Å². The molecule has 1 aliphatic heterocycles. The van der Waals surface area contributed by atoms with E-state index in [-0.39, 0.29) is 11.3 Å². The highest BCUT2D eigenvalue weighted by Crippen LogP contribution is 2.49. The number of ether oxygens (including phenoxy) is 1. The van der Waals surface area contributed by atoms with Crippen molar-refractivity contribution in [2.24, 2.45) is 5.92 Å². The molecule has 1 saturated carbocycles. The number of nitrogens with zero attached hydrogens (tertiary/aromatic N) is 3. The van der Waals surface area contributed by atoms with Crippen LogP contribution in [0, 0.1) is 12.8 Å². The van der Waals surface area contributed by atoms with E-state index < -0.39 is 0 Å². The van der Waals surface area contributed by atoms with Crippen molar-refractivity contribution >= 4 is 5.91 Å². The van der Waals surface area contributed by atoms with Crippen LogP contribution in [-0.2, 0) is 16.6 Å². The van der Waals surface area contributed by atoms with Crippen LogP contribution in [0.1, 0.15) is 36.5 Å². The van der Waals surface area contributed by atoms with E-state index in [1.165, 1.54) is 0 Å². The highest BCUT2D eigenvalue weighted by atomic mass is 16.5. The molecule has 0 bridgehead atoms. The molecule has 2 aliphatic rings. The molecule has 1 aliphatic carbocycles. The maximum atomic E-state index is 12.8. The standard InChI is InChI=1S/C19H23N3O3/c1-13-20-18(21-25-13)19-8-4-6-15(19)11-22(12-19)17(23)10-14-5-3-7-16(9-14)24-2/h3,5,7,9,15H,4,6,8,10-12H2,1-2H3. The summed E-state index contributed by atoms with van der Waals surface area (Å²) in [5.74, 6) is 2.74. The first-order chi connectivity index (χ1) is 12.1.